The number of nitrogens with one attached hydrogen (secondary N) is 1. The van der Waals surface area contributed by atoms with Crippen molar-refractivity contribution < 1.29 is 4.79 Å². The van der Waals surface area contributed by atoms with Crippen molar-refractivity contribution in [1.82, 2.24) is 19.7 Å². The lowest BCUT2D eigenvalue weighted by Gasteiger charge is -2.43. The molecule has 2 fully saturated rings. The van der Waals surface area contributed by atoms with Gasteiger partial charge in [0.15, 0.2) is 0 Å². The summed E-state index contributed by atoms with van der Waals surface area (Å²) in [6, 6.07) is 10.4. The zero-order chi connectivity index (χ0) is 16.0. The molecule has 4 rings (SSSR count). The lowest BCUT2D eigenvalue weighted by Crippen LogP contribution is -2.38. The van der Waals surface area contributed by atoms with Gasteiger partial charge in [-0.3, -0.25) is 9.78 Å². The first-order valence-electron chi connectivity index (χ1n) is 8.07. The SMILES string of the molecule is Cn1nc(C(=O)N2C[C@H](c3ccccc3)C3(CCC3)C2)[nH]c1=O. The van der Waals surface area contributed by atoms with Gasteiger partial charge in [0.1, 0.15) is 0 Å². The number of likely N-dealkylation sites (tertiary alicyclic amines) is 1. The van der Waals surface area contributed by atoms with Gasteiger partial charge in [-0.2, -0.15) is 0 Å². The van der Waals surface area contributed by atoms with Crippen LogP contribution in [0, 0.1) is 5.41 Å². The topological polar surface area (TPSA) is 71.0 Å². The minimum absolute atomic E-state index is 0.140. The maximum atomic E-state index is 12.7. The highest BCUT2D eigenvalue weighted by Gasteiger charge is 2.52. The number of aryl methyl sites for hydroxylation is 1. The maximum absolute atomic E-state index is 12.7. The molecule has 0 bridgehead atoms. The first-order valence-corrected chi connectivity index (χ1v) is 8.07. The Kier molecular flexibility index (Phi) is 3.14. The molecule has 2 heterocycles. The molecule has 1 saturated carbocycles. The van der Waals surface area contributed by atoms with E-state index in [-0.39, 0.29) is 22.8 Å². The number of hydrogen-bond acceptors (Lipinski definition) is 3. The molecule has 23 heavy (non-hydrogen) atoms. The molecular formula is C17H20N4O2. The number of benzene rings is 1. The fraction of sp³-hybridized carbons (Fsp3) is 0.471. The molecule has 2 aromatic rings. The van der Waals surface area contributed by atoms with E-state index in [2.05, 4.69) is 34.3 Å². The van der Waals surface area contributed by atoms with Gasteiger partial charge in [0, 0.05) is 26.1 Å². The number of carbonyl (C=O) groups is 1. The van der Waals surface area contributed by atoms with E-state index in [0.29, 0.717) is 12.5 Å². The second-order valence-electron chi connectivity index (χ2n) is 6.77. The standard InChI is InChI=1S/C17H20N4O2/c1-20-16(23)18-14(19-20)15(22)21-10-13(12-6-3-2-4-7-12)17(11-21)8-5-9-17/h2-4,6-7,13H,5,8-11H2,1H3,(H,18,19,23)/t13-/m1/s1. The van der Waals surface area contributed by atoms with Gasteiger partial charge in [-0.1, -0.05) is 36.8 Å². The lowest BCUT2D eigenvalue weighted by atomic mass is 9.61. The maximum Gasteiger partial charge on any atom is 0.343 e. The van der Waals surface area contributed by atoms with Crippen LogP contribution in [0.15, 0.2) is 35.1 Å². The van der Waals surface area contributed by atoms with Crippen molar-refractivity contribution in [3.63, 3.8) is 0 Å². The van der Waals surface area contributed by atoms with Crippen molar-refractivity contribution in [3.8, 4) is 0 Å². The Bertz CT molecular complexity index is 788. The molecule has 1 saturated heterocycles. The van der Waals surface area contributed by atoms with Crippen LogP contribution in [0.2, 0.25) is 0 Å². The normalized spacial score (nSPS) is 22.3. The average molecular weight is 312 g/mol. The van der Waals surface area contributed by atoms with Crippen LogP contribution >= 0.6 is 0 Å². The molecule has 1 spiro atoms. The number of aromatic nitrogens is 3. The number of carbonyl (C=O) groups excluding carboxylic acids is 1. The highest BCUT2D eigenvalue weighted by atomic mass is 16.2. The van der Waals surface area contributed by atoms with E-state index >= 15 is 0 Å². The Hall–Kier alpha value is -2.37. The van der Waals surface area contributed by atoms with Gasteiger partial charge >= 0.3 is 5.69 Å². The minimum atomic E-state index is -0.356. The Balaban J connectivity index is 1.62. The molecule has 6 nitrogen and oxygen atoms in total. The van der Waals surface area contributed by atoms with E-state index < -0.39 is 0 Å². The van der Waals surface area contributed by atoms with Crippen molar-refractivity contribution in [1.29, 1.82) is 0 Å². The first kappa shape index (κ1) is 14.2. The van der Waals surface area contributed by atoms with Crippen molar-refractivity contribution in [2.45, 2.75) is 25.2 Å². The zero-order valence-corrected chi connectivity index (χ0v) is 13.2. The summed E-state index contributed by atoms with van der Waals surface area (Å²) in [6.45, 7) is 1.45. The van der Waals surface area contributed by atoms with Gasteiger partial charge in [0.05, 0.1) is 0 Å². The molecule has 6 heteroatoms. The summed E-state index contributed by atoms with van der Waals surface area (Å²) < 4.78 is 1.16. The van der Waals surface area contributed by atoms with Crippen LogP contribution in [0.4, 0.5) is 0 Å². The van der Waals surface area contributed by atoms with Gasteiger partial charge in [0.25, 0.3) is 5.91 Å². The van der Waals surface area contributed by atoms with Crippen molar-refractivity contribution in [2.75, 3.05) is 13.1 Å². The molecule has 1 aromatic heterocycles. The van der Waals surface area contributed by atoms with Gasteiger partial charge in [0.2, 0.25) is 5.82 Å². The Morgan fingerprint density at radius 1 is 1.30 bits per heavy atom. The smallest absolute Gasteiger partial charge is 0.335 e. The summed E-state index contributed by atoms with van der Waals surface area (Å²) in [5.41, 5.74) is 1.15. The van der Waals surface area contributed by atoms with Gasteiger partial charge in [-0.15, -0.1) is 5.10 Å². The number of aromatic amines is 1. The molecule has 1 atom stereocenters. The number of nitrogens with zero attached hydrogens (tertiary/aromatic N) is 3. The molecule has 0 unspecified atom stereocenters. The number of hydrogen-bond donors (Lipinski definition) is 1. The highest BCUT2D eigenvalue weighted by molar-refractivity contribution is 5.90. The number of amides is 1. The molecule has 1 aromatic carbocycles. The molecular weight excluding hydrogens is 292 g/mol. The van der Waals surface area contributed by atoms with Crippen LogP contribution in [0.1, 0.15) is 41.4 Å². The van der Waals surface area contributed by atoms with Gasteiger partial charge in [-0.25, -0.2) is 9.48 Å². The second-order valence-corrected chi connectivity index (χ2v) is 6.77. The Morgan fingerprint density at radius 3 is 2.61 bits per heavy atom. The molecule has 120 valence electrons. The van der Waals surface area contributed by atoms with Crippen LogP contribution in [0.25, 0.3) is 0 Å². The van der Waals surface area contributed by atoms with Crippen LogP contribution in [0.3, 0.4) is 0 Å². The first-order chi connectivity index (χ1) is 11.1. The van der Waals surface area contributed by atoms with E-state index in [1.54, 1.807) is 7.05 Å². The van der Waals surface area contributed by atoms with Crippen molar-refractivity contribution in [3.05, 3.63) is 52.2 Å². The lowest BCUT2D eigenvalue weighted by molar-refractivity contribution is 0.0714. The van der Waals surface area contributed by atoms with Crippen LogP contribution in [0.5, 0.6) is 0 Å². The second kappa shape index (κ2) is 5.08. The molecule has 1 N–H and O–H groups in total. The summed E-state index contributed by atoms with van der Waals surface area (Å²) in [4.78, 5) is 28.6. The third kappa shape index (κ3) is 2.20. The van der Waals surface area contributed by atoms with Crippen LogP contribution in [-0.2, 0) is 7.05 Å². The average Bonchev–Trinajstić information content (AvgIpc) is 3.09. The molecule has 0 radical (unpaired) electrons. The number of H-pyrrole nitrogens is 1. The largest absolute Gasteiger partial charge is 0.343 e. The fourth-order valence-corrected chi connectivity index (χ4v) is 4.05. The zero-order valence-electron chi connectivity index (χ0n) is 13.2. The summed E-state index contributed by atoms with van der Waals surface area (Å²) in [5, 5.41) is 4.00. The quantitative estimate of drug-likeness (QED) is 0.914. The van der Waals surface area contributed by atoms with E-state index in [1.807, 2.05) is 11.0 Å². The third-order valence-corrected chi connectivity index (χ3v) is 5.46. The minimum Gasteiger partial charge on any atom is -0.335 e. The van der Waals surface area contributed by atoms with E-state index in [4.69, 9.17) is 0 Å². The third-order valence-electron chi connectivity index (χ3n) is 5.46. The van der Waals surface area contributed by atoms with E-state index in [1.165, 1.54) is 12.0 Å². The fourth-order valence-electron chi connectivity index (χ4n) is 4.05. The Labute approximate surface area is 134 Å². The summed E-state index contributed by atoms with van der Waals surface area (Å²) in [7, 11) is 1.54. The van der Waals surface area contributed by atoms with Gasteiger partial charge < -0.3 is 4.90 Å². The Morgan fingerprint density at radius 2 is 2.04 bits per heavy atom. The number of rotatable bonds is 2. The predicted octanol–water partition coefficient (Wildman–Crippen LogP) is 1.52. The molecule has 1 aliphatic heterocycles. The van der Waals surface area contributed by atoms with Crippen LogP contribution in [-0.4, -0.2) is 38.7 Å². The summed E-state index contributed by atoms with van der Waals surface area (Å²) in [5.74, 6) is 0.338. The van der Waals surface area contributed by atoms with E-state index in [9.17, 15) is 9.59 Å². The van der Waals surface area contributed by atoms with E-state index in [0.717, 1.165) is 24.1 Å². The molecule has 2 aliphatic rings. The van der Waals surface area contributed by atoms with Gasteiger partial charge in [-0.05, 0) is 23.8 Å². The summed E-state index contributed by atoms with van der Waals surface area (Å²) in [6.07, 6.45) is 3.55. The van der Waals surface area contributed by atoms with Crippen molar-refractivity contribution in [2.24, 2.45) is 12.5 Å². The molecule has 1 amide bonds. The molecule has 1 aliphatic carbocycles. The predicted molar refractivity (Wildman–Crippen MR) is 85.2 cm³/mol. The monoisotopic (exact) mass is 312 g/mol. The summed E-state index contributed by atoms with van der Waals surface area (Å²) >= 11 is 0. The highest BCUT2D eigenvalue weighted by Crippen LogP contribution is 2.55. The van der Waals surface area contributed by atoms with Crippen molar-refractivity contribution >= 4 is 5.91 Å². The van der Waals surface area contributed by atoms with Crippen LogP contribution < -0.4 is 5.69 Å².